The molecule has 0 saturated carbocycles. The Morgan fingerprint density at radius 1 is 1.32 bits per heavy atom. The zero-order valence-electron chi connectivity index (χ0n) is 11.9. The van der Waals surface area contributed by atoms with Gasteiger partial charge in [-0.3, -0.25) is 9.89 Å². The van der Waals surface area contributed by atoms with Crippen LogP contribution in [-0.2, 0) is 5.41 Å². The number of H-pyrrole nitrogens is 1. The molecule has 0 saturated heterocycles. The van der Waals surface area contributed by atoms with E-state index in [0.717, 1.165) is 11.5 Å². The summed E-state index contributed by atoms with van der Waals surface area (Å²) < 4.78 is 5.34. The van der Waals surface area contributed by atoms with Gasteiger partial charge in [0.05, 0.1) is 5.56 Å². The first kappa shape index (κ1) is 13.4. The number of nitrogens with zero attached hydrogens (tertiary/aromatic N) is 1. The number of aromatic nitrogens is 2. The maximum Gasteiger partial charge on any atom is 0.260 e. The normalized spacial score (nSPS) is 11.6. The molecule has 2 N–H and O–H groups in total. The zero-order chi connectivity index (χ0) is 14.2. The van der Waals surface area contributed by atoms with Gasteiger partial charge in [0.2, 0.25) is 0 Å². The number of hydrogen-bond acceptors (Lipinski definition) is 3. The Kier molecular flexibility index (Phi) is 3.22. The lowest BCUT2D eigenvalue weighted by Crippen LogP contribution is -2.12. The predicted octanol–water partition coefficient (Wildman–Crippen LogP) is 3.17. The lowest BCUT2D eigenvalue weighted by molar-refractivity contribution is 0.102. The van der Waals surface area contributed by atoms with Crippen LogP contribution < -0.4 is 5.32 Å². The summed E-state index contributed by atoms with van der Waals surface area (Å²) in [5, 5.41) is 9.79. The van der Waals surface area contributed by atoms with E-state index in [-0.39, 0.29) is 11.3 Å². The molecular formula is C14H19N3O2. The molecule has 0 aromatic carbocycles. The van der Waals surface area contributed by atoms with E-state index in [0.29, 0.717) is 17.1 Å². The molecule has 0 bridgehead atoms. The van der Waals surface area contributed by atoms with Gasteiger partial charge in [-0.25, -0.2) is 0 Å². The maximum atomic E-state index is 12.1. The Balaban J connectivity index is 2.16. The van der Waals surface area contributed by atoms with Crippen LogP contribution in [0.2, 0.25) is 0 Å². The van der Waals surface area contributed by atoms with Crippen LogP contribution in [0.3, 0.4) is 0 Å². The second-order valence-electron chi connectivity index (χ2n) is 5.70. The van der Waals surface area contributed by atoms with Crippen LogP contribution in [0.1, 0.15) is 48.3 Å². The van der Waals surface area contributed by atoms with E-state index < -0.39 is 0 Å². The minimum absolute atomic E-state index is 0.0296. The van der Waals surface area contributed by atoms with Crippen molar-refractivity contribution in [3.8, 4) is 0 Å². The van der Waals surface area contributed by atoms with Crippen molar-refractivity contribution in [1.82, 2.24) is 10.2 Å². The first-order valence-electron chi connectivity index (χ1n) is 6.21. The summed E-state index contributed by atoms with van der Waals surface area (Å²) in [4.78, 5) is 12.1. The molecule has 0 fully saturated rings. The van der Waals surface area contributed by atoms with Crippen molar-refractivity contribution in [3.05, 3.63) is 34.9 Å². The summed E-state index contributed by atoms with van der Waals surface area (Å²) in [6.45, 7) is 9.82. The summed E-state index contributed by atoms with van der Waals surface area (Å²) in [7, 11) is 0. The average Bonchev–Trinajstić information content (AvgIpc) is 2.84. The number of hydrogen-bond donors (Lipinski definition) is 2. The predicted molar refractivity (Wildman–Crippen MR) is 73.4 cm³/mol. The minimum Gasteiger partial charge on any atom is -0.466 e. The van der Waals surface area contributed by atoms with E-state index >= 15 is 0 Å². The Bertz CT molecular complexity index is 602. The number of nitrogens with one attached hydrogen (secondary N) is 2. The van der Waals surface area contributed by atoms with E-state index in [2.05, 4.69) is 36.3 Å². The number of aryl methyl sites for hydroxylation is 2. The van der Waals surface area contributed by atoms with Crippen molar-refractivity contribution in [2.75, 3.05) is 5.32 Å². The van der Waals surface area contributed by atoms with E-state index in [1.807, 2.05) is 13.0 Å². The lowest BCUT2D eigenvalue weighted by Gasteiger charge is -2.14. The van der Waals surface area contributed by atoms with Gasteiger partial charge in [-0.05, 0) is 19.9 Å². The SMILES string of the molecule is Cc1cc(C(=O)Nc2cc(C(C)(C)C)[nH]n2)c(C)o1. The highest BCUT2D eigenvalue weighted by molar-refractivity contribution is 6.04. The smallest absolute Gasteiger partial charge is 0.260 e. The highest BCUT2D eigenvalue weighted by Crippen LogP contribution is 2.22. The van der Waals surface area contributed by atoms with Gasteiger partial charge in [-0.1, -0.05) is 20.8 Å². The van der Waals surface area contributed by atoms with Crippen LogP contribution in [0.4, 0.5) is 5.82 Å². The molecule has 2 rings (SSSR count). The number of amides is 1. The third kappa shape index (κ3) is 2.86. The maximum absolute atomic E-state index is 12.1. The number of furan rings is 1. The fraction of sp³-hybridized carbons (Fsp3) is 0.429. The number of aromatic amines is 1. The van der Waals surface area contributed by atoms with Crippen LogP contribution in [0, 0.1) is 13.8 Å². The van der Waals surface area contributed by atoms with Crippen molar-refractivity contribution in [2.45, 2.75) is 40.0 Å². The Morgan fingerprint density at radius 2 is 2.00 bits per heavy atom. The molecule has 5 nitrogen and oxygen atoms in total. The highest BCUT2D eigenvalue weighted by Gasteiger charge is 2.19. The average molecular weight is 261 g/mol. The van der Waals surface area contributed by atoms with Gasteiger partial charge in [0.1, 0.15) is 11.5 Å². The van der Waals surface area contributed by atoms with E-state index in [1.165, 1.54) is 0 Å². The van der Waals surface area contributed by atoms with Crippen LogP contribution >= 0.6 is 0 Å². The largest absolute Gasteiger partial charge is 0.466 e. The fourth-order valence-corrected chi connectivity index (χ4v) is 1.81. The zero-order valence-corrected chi connectivity index (χ0v) is 11.9. The molecule has 19 heavy (non-hydrogen) atoms. The fourth-order valence-electron chi connectivity index (χ4n) is 1.81. The molecule has 0 aliphatic heterocycles. The molecule has 0 unspecified atom stereocenters. The van der Waals surface area contributed by atoms with E-state index in [1.54, 1.807) is 13.0 Å². The minimum atomic E-state index is -0.207. The Hall–Kier alpha value is -2.04. The van der Waals surface area contributed by atoms with Gasteiger partial charge in [-0.2, -0.15) is 5.10 Å². The molecule has 0 radical (unpaired) electrons. The quantitative estimate of drug-likeness (QED) is 0.872. The monoisotopic (exact) mass is 261 g/mol. The van der Waals surface area contributed by atoms with Crippen molar-refractivity contribution in [3.63, 3.8) is 0 Å². The van der Waals surface area contributed by atoms with Gasteiger partial charge >= 0.3 is 0 Å². The molecule has 102 valence electrons. The standard InChI is InChI=1S/C14H19N3O2/c1-8-6-10(9(2)19-8)13(18)15-12-7-11(16-17-12)14(3,4)5/h6-7H,1-5H3,(H2,15,16,17,18). The Morgan fingerprint density at radius 3 is 2.47 bits per heavy atom. The van der Waals surface area contributed by atoms with Gasteiger partial charge < -0.3 is 9.73 Å². The third-order valence-electron chi connectivity index (χ3n) is 2.91. The van der Waals surface area contributed by atoms with E-state index in [4.69, 9.17) is 4.42 Å². The number of anilines is 1. The molecule has 0 aliphatic carbocycles. The van der Waals surface area contributed by atoms with Crippen molar-refractivity contribution in [2.24, 2.45) is 0 Å². The molecular weight excluding hydrogens is 242 g/mol. The summed E-state index contributed by atoms with van der Waals surface area (Å²) in [6.07, 6.45) is 0. The molecule has 0 spiro atoms. The second-order valence-corrected chi connectivity index (χ2v) is 5.70. The van der Waals surface area contributed by atoms with Crippen LogP contribution in [0.15, 0.2) is 16.5 Å². The van der Waals surface area contributed by atoms with Gasteiger partial charge in [-0.15, -0.1) is 0 Å². The summed E-state index contributed by atoms with van der Waals surface area (Å²) in [5.41, 5.74) is 1.48. The first-order valence-corrected chi connectivity index (χ1v) is 6.21. The second kappa shape index (κ2) is 4.57. The van der Waals surface area contributed by atoms with Crippen molar-refractivity contribution < 1.29 is 9.21 Å². The van der Waals surface area contributed by atoms with Crippen LogP contribution in [0.25, 0.3) is 0 Å². The Labute approximate surface area is 112 Å². The molecule has 2 aromatic heterocycles. The molecule has 1 amide bonds. The van der Waals surface area contributed by atoms with E-state index in [9.17, 15) is 4.79 Å². The van der Waals surface area contributed by atoms with Gasteiger partial charge in [0.15, 0.2) is 5.82 Å². The van der Waals surface area contributed by atoms with Gasteiger partial charge in [0, 0.05) is 17.2 Å². The summed E-state index contributed by atoms with van der Waals surface area (Å²) in [6, 6.07) is 3.57. The summed E-state index contributed by atoms with van der Waals surface area (Å²) in [5.74, 6) is 1.65. The number of carbonyl (C=O) groups is 1. The molecule has 2 heterocycles. The van der Waals surface area contributed by atoms with Crippen molar-refractivity contribution in [1.29, 1.82) is 0 Å². The lowest BCUT2D eigenvalue weighted by atomic mass is 9.92. The van der Waals surface area contributed by atoms with Crippen molar-refractivity contribution >= 4 is 11.7 Å². The third-order valence-corrected chi connectivity index (χ3v) is 2.91. The molecule has 2 aromatic rings. The number of rotatable bonds is 2. The highest BCUT2D eigenvalue weighted by atomic mass is 16.3. The molecule has 0 aliphatic rings. The van der Waals surface area contributed by atoms with Gasteiger partial charge in [0.25, 0.3) is 5.91 Å². The topological polar surface area (TPSA) is 70.9 Å². The van der Waals surface area contributed by atoms with Crippen LogP contribution in [0.5, 0.6) is 0 Å². The first-order chi connectivity index (χ1) is 8.77. The summed E-state index contributed by atoms with van der Waals surface area (Å²) >= 11 is 0. The van der Waals surface area contributed by atoms with Crippen LogP contribution in [-0.4, -0.2) is 16.1 Å². The molecule has 5 heteroatoms. The number of carbonyl (C=O) groups excluding carboxylic acids is 1. The molecule has 0 atom stereocenters.